The smallest absolute Gasteiger partial charge is 0.338 e. The summed E-state index contributed by atoms with van der Waals surface area (Å²) < 4.78 is 5.13. The van der Waals surface area contributed by atoms with E-state index in [1.807, 2.05) is 24.3 Å². The zero-order chi connectivity index (χ0) is 11.8. The molecule has 1 aromatic carbocycles. The van der Waals surface area contributed by atoms with Gasteiger partial charge in [0, 0.05) is 0 Å². The van der Waals surface area contributed by atoms with E-state index in [0.29, 0.717) is 12.2 Å². The summed E-state index contributed by atoms with van der Waals surface area (Å²) in [7, 11) is 0. The van der Waals surface area contributed by atoms with Crippen molar-refractivity contribution >= 4 is 5.97 Å². The van der Waals surface area contributed by atoms with E-state index in [1.54, 1.807) is 12.1 Å². The third-order valence-corrected chi connectivity index (χ3v) is 2.30. The third-order valence-electron chi connectivity index (χ3n) is 2.30. The van der Waals surface area contributed by atoms with Crippen molar-refractivity contribution in [2.75, 3.05) is 6.61 Å². The molecule has 1 rings (SSSR count). The van der Waals surface area contributed by atoms with Crippen molar-refractivity contribution in [1.29, 1.82) is 0 Å². The molecule has 0 saturated carbocycles. The van der Waals surface area contributed by atoms with Gasteiger partial charge < -0.3 is 4.74 Å². The monoisotopic (exact) mass is 218 g/mol. The highest BCUT2D eigenvalue weighted by Crippen LogP contribution is 2.04. The number of hydrogen-bond acceptors (Lipinski definition) is 2. The SMILES string of the molecule is CCC/C(C)=C/COC(=O)c1ccccc1. The quantitative estimate of drug-likeness (QED) is 0.557. The summed E-state index contributed by atoms with van der Waals surface area (Å²) in [5, 5.41) is 0. The minimum Gasteiger partial charge on any atom is -0.458 e. The first-order chi connectivity index (χ1) is 7.74. The highest BCUT2D eigenvalue weighted by molar-refractivity contribution is 5.89. The van der Waals surface area contributed by atoms with Gasteiger partial charge in [-0.05, 0) is 31.6 Å². The Morgan fingerprint density at radius 2 is 2.00 bits per heavy atom. The van der Waals surface area contributed by atoms with Gasteiger partial charge in [-0.15, -0.1) is 0 Å². The molecule has 0 aromatic heterocycles. The summed E-state index contributed by atoms with van der Waals surface area (Å²) in [6.45, 7) is 4.55. The predicted molar refractivity (Wildman–Crippen MR) is 65.4 cm³/mol. The molecule has 0 atom stereocenters. The number of hydrogen-bond donors (Lipinski definition) is 0. The van der Waals surface area contributed by atoms with Crippen LogP contribution in [0.15, 0.2) is 42.0 Å². The van der Waals surface area contributed by atoms with Crippen LogP contribution in [0.4, 0.5) is 0 Å². The first kappa shape index (κ1) is 12.5. The average Bonchev–Trinajstić information content (AvgIpc) is 2.30. The van der Waals surface area contributed by atoms with E-state index in [-0.39, 0.29) is 5.97 Å². The number of allylic oxidation sites excluding steroid dienone is 1. The maximum absolute atomic E-state index is 11.5. The van der Waals surface area contributed by atoms with Gasteiger partial charge in [0.25, 0.3) is 0 Å². The topological polar surface area (TPSA) is 26.3 Å². The lowest BCUT2D eigenvalue weighted by atomic mass is 10.2. The second kappa shape index (κ2) is 6.83. The molecule has 0 aliphatic carbocycles. The van der Waals surface area contributed by atoms with Crippen LogP contribution in [0.2, 0.25) is 0 Å². The number of benzene rings is 1. The maximum atomic E-state index is 11.5. The number of rotatable bonds is 5. The fraction of sp³-hybridized carbons (Fsp3) is 0.357. The van der Waals surface area contributed by atoms with Crippen LogP contribution in [0.5, 0.6) is 0 Å². The van der Waals surface area contributed by atoms with E-state index in [2.05, 4.69) is 13.8 Å². The van der Waals surface area contributed by atoms with E-state index in [9.17, 15) is 4.79 Å². The third kappa shape index (κ3) is 4.30. The normalized spacial score (nSPS) is 11.2. The van der Waals surface area contributed by atoms with Crippen molar-refractivity contribution < 1.29 is 9.53 Å². The molecular formula is C14H18O2. The molecule has 86 valence electrons. The molecule has 1 aromatic rings. The number of carbonyl (C=O) groups excluding carboxylic acids is 1. The van der Waals surface area contributed by atoms with Gasteiger partial charge in [0.05, 0.1) is 5.56 Å². The van der Waals surface area contributed by atoms with Crippen molar-refractivity contribution in [3.8, 4) is 0 Å². The molecule has 0 N–H and O–H groups in total. The number of ether oxygens (including phenoxy) is 1. The lowest BCUT2D eigenvalue weighted by Crippen LogP contribution is -2.04. The minimum atomic E-state index is -0.263. The lowest BCUT2D eigenvalue weighted by Gasteiger charge is -2.02. The number of carbonyl (C=O) groups is 1. The Morgan fingerprint density at radius 1 is 1.31 bits per heavy atom. The molecule has 0 amide bonds. The fourth-order valence-corrected chi connectivity index (χ4v) is 1.41. The molecule has 16 heavy (non-hydrogen) atoms. The summed E-state index contributed by atoms with van der Waals surface area (Å²) in [4.78, 5) is 11.5. The van der Waals surface area contributed by atoms with Crippen molar-refractivity contribution in [2.24, 2.45) is 0 Å². The standard InChI is InChI=1S/C14H18O2/c1-3-7-12(2)10-11-16-14(15)13-8-5-4-6-9-13/h4-6,8-10H,3,7,11H2,1-2H3/b12-10+. The summed E-state index contributed by atoms with van der Waals surface area (Å²) in [6.07, 6.45) is 4.14. The highest BCUT2D eigenvalue weighted by Gasteiger charge is 2.03. The van der Waals surface area contributed by atoms with Gasteiger partial charge >= 0.3 is 5.97 Å². The molecular weight excluding hydrogens is 200 g/mol. The number of esters is 1. The van der Waals surface area contributed by atoms with Crippen LogP contribution >= 0.6 is 0 Å². The van der Waals surface area contributed by atoms with Gasteiger partial charge in [0.15, 0.2) is 0 Å². The van der Waals surface area contributed by atoms with E-state index in [1.165, 1.54) is 5.57 Å². The molecule has 0 radical (unpaired) electrons. The van der Waals surface area contributed by atoms with Gasteiger partial charge in [0.1, 0.15) is 6.61 Å². The summed E-state index contributed by atoms with van der Waals surface area (Å²) in [5.74, 6) is -0.263. The molecule has 0 saturated heterocycles. The molecule has 0 heterocycles. The Hall–Kier alpha value is -1.57. The van der Waals surface area contributed by atoms with E-state index >= 15 is 0 Å². The Bertz CT molecular complexity index is 352. The van der Waals surface area contributed by atoms with Gasteiger partial charge in [-0.1, -0.05) is 37.1 Å². The lowest BCUT2D eigenvalue weighted by molar-refractivity contribution is 0.0549. The molecule has 0 fully saturated rings. The van der Waals surface area contributed by atoms with E-state index < -0.39 is 0 Å². The zero-order valence-corrected chi connectivity index (χ0v) is 9.90. The Labute approximate surface area is 96.9 Å². The maximum Gasteiger partial charge on any atom is 0.338 e. The summed E-state index contributed by atoms with van der Waals surface area (Å²) in [5.41, 5.74) is 1.87. The van der Waals surface area contributed by atoms with Crippen LogP contribution in [0, 0.1) is 0 Å². The first-order valence-corrected chi connectivity index (χ1v) is 5.62. The van der Waals surface area contributed by atoms with Crippen LogP contribution in [0.25, 0.3) is 0 Å². The Kier molecular flexibility index (Phi) is 5.34. The largest absolute Gasteiger partial charge is 0.458 e. The average molecular weight is 218 g/mol. The molecule has 0 spiro atoms. The first-order valence-electron chi connectivity index (χ1n) is 5.62. The van der Waals surface area contributed by atoms with Gasteiger partial charge in [-0.3, -0.25) is 0 Å². The molecule has 0 aliphatic rings. The summed E-state index contributed by atoms with van der Waals surface area (Å²) in [6, 6.07) is 9.04. The Balaban J connectivity index is 2.39. The Morgan fingerprint density at radius 3 is 2.62 bits per heavy atom. The molecule has 0 aliphatic heterocycles. The second-order valence-corrected chi connectivity index (χ2v) is 3.76. The van der Waals surface area contributed by atoms with Gasteiger partial charge in [-0.2, -0.15) is 0 Å². The van der Waals surface area contributed by atoms with Crippen LogP contribution in [-0.2, 0) is 4.74 Å². The van der Waals surface area contributed by atoms with E-state index in [0.717, 1.165) is 12.8 Å². The fourth-order valence-electron chi connectivity index (χ4n) is 1.41. The van der Waals surface area contributed by atoms with Gasteiger partial charge in [0.2, 0.25) is 0 Å². The second-order valence-electron chi connectivity index (χ2n) is 3.76. The van der Waals surface area contributed by atoms with Crippen molar-refractivity contribution in [2.45, 2.75) is 26.7 Å². The van der Waals surface area contributed by atoms with Crippen molar-refractivity contribution in [3.63, 3.8) is 0 Å². The van der Waals surface area contributed by atoms with Crippen LogP contribution in [-0.4, -0.2) is 12.6 Å². The molecule has 2 heteroatoms. The highest BCUT2D eigenvalue weighted by atomic mass is 16.5. The molecule has 0 bridgehead atoms. The molecule has 0 unspecified atom stereocenters. The van der Waals surface area contributed by atoms with E-state index in [4.69, 9.17) is 4.74 Å². The van der Waals surface area contributed by atoms with Crippen LogP contribution in [0.3, 0.4) is 0 Å². The van der Waals surface area contributed by atoms with Gasteiger partial charge in [-0.25, -0.2) is 4.79 Å². The molecule has 2 nitrogen and oxygen atoms in total. The zero-order valence-electron chi connectivity index (χ0n) is 9.90. The minimum absolute atomic E-state index is 0.263. The summed E-state index contributed by atoms with van der Waals surface area (Å²) >= 11 is 0. The van der Waals surface area contributed by atoms with Crippen molar-refractivity contribution in [1.82, 2.24) is 0 Å². The van der Waals surface area contributed by atoms with Crippen LogP contribution in [0.1, 0.15) is 37.0 Å². The predicted octanol–water partition coefficient (Wildman–Crippen LogP) is 3.59. The van der Waals surface area contributed by atoms with Crippen molar-refractivity contribution in [3.05, 3.63) is 47.5 Å². The van der Waals surface area contributed by atoms with Crippen LogP contribution < -0.4 is 0 Å².